The van der Waals surface area contributed by atoms with Crippen LogP contribution in [0.15, 0.2) is 78.9 Å². The normalized spacial score (nSPS) is 10.5. The van der Waals surface area contributed by atoms with Gasteiger partial charge in [-0.1, -0.05) is 48.0 Å². The highest BCUT2D eigenvalue weighted by Gasteiger charge is 2.04. The Bertz CT molecular complexity index is 1110. The summed E-state index contributed by atoms with van der Waals surface area (Å²) in [6, 6.07) is 25.5. The van der Waals surface area contributed by atoms with Crippen molar-refractivity contribution in [1.82, 2.24) is 10.2 Å². The van der Waals surface area contributed by atoms with Gasteiger partial charge in [-0.2, -0.15) is 0 Å². The Balaban J connectivity index is 1.41. The molecular weight excluding hydrogens is 390 g/mol. The Morgan fingerprint density at radius 2 is 1.50 bits per heavy atom. The highest BCUT2D eigenvalue weighted by atomic mass is 35.5. The van der Waals surface area contributed by atoms with E-state index in [1.54, 1.807) is 12.1 Å². The van der Waals surface area contributed by atoms with Crippen LogP contribution in [0.1, 0.15) is 0 Å². The van der Waals surface area contributed by atoms with Crippen molar-refractivity contribution in [2.24, 2.45) is 0 Å². The fraction of sp³-hybridized carbons (Fsp3) is 0. The minimum absolute atomic E-state index is 0.359. The number of hydrogen-bond acceptors (Lipinski definition) is 4. The molecular formula is C21H16ClN5S. The van der Waals surface area contributed by atoms with Gasteiger partial charge in [-0.25, -0.2) is 0 Å². The lowest BCUT2D eigenvalue weighted by Gasteiger charge is -2.13. The third kappa shape index (κ3) is 4.36. The summed E-state index contributed by atoms with van der Waals surface area (Å²) in [4.78, 5) is 0. The zero-order valence-electron chi connectivity index (χ0n) is 14.7. The van der Waals surface area contributed by atoms with Crippen LogP contribution in [-0.2, 0) is 0 Å². The van der Waals surface area contributed by atoms with E-state index in [-0.39, 0.29) is 0 Å². The Morgan fingerprint density at radius 1 is 0.750 bits per heavy atom. The molecule has 0 amide bonds. The highest BCUT2D eigenvalue weighted by molar-refractivity contribution is 7.80. The Labute approximate surface area is 172 Å². The molecule has 138 valence electrons. The number of benzene rings is 3. The van der Waals surface area contributed by atoms with E-state index in [0.29, 0.717) is 16.1 Å². The molecule has 1 aromatic heterocycles. The van der Waals surface area contributed by atoms with Gasteiger partial charge in [0.1, 0.15) is 0 Å². The average Bonchev–Trinajstić information content (AvgIpc) is 2.71. The highest BCUT2D eigenvalue weighted by Crippen LogP contribution is 2.23. The molecule has 1 heterocycles. The molecule has 28 heavy (non-hydrogen) atoms. The van der Waals surface area contributed by atoms with Crippen LogP contribution >= 0.6 is 23.8 Å². The lowest BCUT2D eigenvalue weighted by atomic mass is 10.1. The molecule has 0 radical (unpaired) electrons. The van der Waals surface area contributed by atoms with E-state index in [0.717, 1.165) is 27.8 Å². The van der Waals surface area contributed by atoms with Crippen molar-refractivity contribution in [3.05, 3.63) is 84.0 Å². The summed E-state index contributed by atoms with van der Waals surface area (Å²) < 4.78 is 0. The van der Waals surface area contributed by atoms with Gasteiger partial charge in [-0.15, -0.1) is 10.2 Å². The summed E-state index contributed by atoms with van der Waals surface area (Å²) in [5.74, 6) is 0.623. The van der Waals surface area contributed by atoms with E-state index in [1.165, 1.54) is 0 Å². The van der Waals surface area contributed by atoms with Crippen LogP contribution in [0.3, 0.4) is 0 Å². The minimum atomic E-state index is 0.359. The lowest BCUT2D eigenvalue weighted by molar-refractivity contribution is 1.04. The summed E-state index contributed by atoms with van der Waals surface area (Å²) >= 11 is 11.2. The Hall–Kier alpha value is -3.22. The van der Waals surface area contributed by atoms with E-state index in [9.17, 15) is 0 Å². The van der Waals surface area contributed by atoms with Gasteiger partial charge in [-0.05, 0) is 60.1 Å². The smallest absolute Gasteiger partial charge is 0.175 e. The monoisotopic (exact) mass is 405 g/mol. The first kappa shape index (κ1) is 18.2. The second-order valence-corrected chi connectivity index (χ2v) is 6.84. The van der Waals surface area contributed by atoms with Gasteiger partial charge in [0, 0.05) is 22.4 Å². The molecule has 0 atom stereocenters. The van der Waals surface area contributed by atoms with Gasteiger partial charge >= 0.3 is 0 Å². The zero-order valence-corrected chi connectivity index (χ0v) is 16.3. The Kier molecular flexibility index (Phi) is 5.32. The first-order valence-electron chi connectivity index (χ1n) is 8.59. The predicted octanol–water partition coefficient (Wildman–Crippen LogP) is 5.84. The number of fused-ring (bicyclic) bond motifs is 1. The van der Waals surface area contributed by atoms with Gasteiger partial charge < -0.3 is 16.0 Å². The van der Waals surface area contributed by atoms with E-state index in [1.807, 2.05) is 48.5 Å². The van der Waals surface area contributed by atoms with Crippen molar-refractivity contribution in [3.8, 4) is 0 Å². The van der Waals surface area contributed by atoms with Crippen molar-refractivity contribution in [2.75, 3.05) is 16.0 Å². The van der Waals surface area contributed by atoms with Crippen molar-refractivity contribution in [3.63, 3.8) is 0 Å². The minimum Gasteiger partial charge on any atom is -0.339 e. The summed E-state index contributed by atoms with van der Waals surface area (Å²) in [5, 5.41) is 20.6. The number of halogens is 1. The number of nitrogens with zero attached hydrogens (tertiary/aromatic N) is 2. The second kappa shape index (κ2) is 8.21. The molecule has 0 bridgehead atoms. The number of aromatic nitrogens is 2. The van der Waals surface area contributed by atoms with Crippen LogP contribution in [0.4, 0.5) is 22.9 Å². The van der Waals surface area contributed by atoms with Gasteiger partial charge in [0.25, 0.3) is 0 Å². The fourth-order valence-electron chi connectivity index (χ4n) is 2.79. The maximum atomic E-state index is 5.75. The van der Waals surface area contributed by atoms with Crippen molar-refractivity contribution in [1.29, 1.82) is 0 Å². The molecule has 4 rings (SSSR count). The molecule has 0 spiro atoms. The van der Waals surface area contributed by atoms with Crippen molar-refractivity contribution < 1.29 is 0 Å². The second-order valence-electron chi connectivity index (χ2n) is 6.05. The van der Waals surface area contributed by atoms with Gasteiger partial charge in [-0.3, -0.25) is 0 Å². The quantitative estimate of drug-likeness (QED) is 0.371. The predicted molar refractivity (Wildman–Crippen MR) is 121 cm³/mol. The van der Waals surface area contributed by atoms with Crippen molar-refractivity contribution >= 4 is 62.6 Å². The van der Waals surface area contributed by atoms with Crippen LogP contribution in [-0.4, -0.2) is 15.3 Å². The van der Waals surface area contributed by atoms with Crippen LogP contribution in [0.25, 0.3) is 10.8 Å². The SMILES string of the molecule is S=C(Nc1ccc(Nc2ccc(Cl)nn2)cc1)Nc1cccc2ccccc12. The molecule has 0 saturated carbocycles. The molecule has 5 nitrogen and oxygen atoms in total. The van der Waals surface area contributed by atoms with Crippen LogP contribution < -0.4 is 16.0 Å². The molecule has 0 unspecified atom stereocenters. The molecule has 0 fully saturated rings. The van der Waals surface area contributed by atoms with Gasteiger partial charge in [0.15, 0.2) is 16.1 Å². The maximum absolute atomic E-state index is 5.75. The third-order valence-corrected chi connectivity index (χ3v) is 4.49. The third-order valence-electron chi connectivity index (χ3n) is 4.09. The number of rotatable bonds is 4. The molecule has 0 aliphatic rings. The van der Waals surface area contributed by atoms with Crippen LogP contribution in [0, 0.1) is 0 Å². The zero-order chi connectivity index (χ0) is 19.3. The molecule has 3 aromatic carbocycles. The van der Waals surface area contributed by atoms with E-state index < -0.39 is 0 Å². The molecule has 0 saturated heterocycles. The topological polar surface area (TPSA) is 61.9 Å². The summed E-state index contributed by atoms with van der Waals surface area (Å²) in [5.41, 5.74) is 2.73. The van der Waals surface area contributed by atoms with Gasteiger partial charge in [0.2, 0.25) is 0 Å². The standard InChI is InChI=1S/C21H16ClN5S/c22-19-12-13-20(27-26-19)23-15-8-10-16(11-9-15)24-21(28)25-18-7-3-5-14-4-1-2-6-17(14)18/h1-13H,(H,23,27)(H2,24,25,28). The Morgan fingerprint density at radius 3 is 2.29 bits per heavy atom. The molecule has 0 aliphatic heterocycles. The lowest BCUT2D eigenvalue weighted by Crippen LogP contribution is -2.19. The largest absolute Gasteiger partial charge is 0.339 e. The van der Waals surface area contributed by atoms with E-state index >= 15 is 0 Å². The van der Waals surface area contributed by atoms with Gasteiger partial charge in [0.05, 0.1) is 0 Å². The van der Waals surface area contributed by atoms with E-state index in [4.69, 9.17) is 23.8 Å². The maximum Gasteiger partial charge on any atom is 0.175 e. The fourth-order valence-corrected chi connectivity index (χ4v) is 3.12. The number of thiocarbonyl (C=S) groups is 1. The number of anilines is 4. The summed E-state index contributed by atoms with van der Waals surface area (Å²) in [6.07, 6.45) is 0. The molecule has 3 N–H and O–H groups in total. The van der Waals surface area contributed by atoms with E-state index in [2.05, 4.69) is 44.3 Å². The molecule has 4 aromatic rings. The van der Waals surface area contributed by atoms with Crippen LogP contribution in [0.5, 0.6) is 0 Å². The first-order valence-corrected chi connectivity index (χ1v) is 9.38. The average molecular weight is 406 g/mol. The number of nitrogens with one attached hydrogen (secondary N) is 3. The summed E-state index contributed by atoms with van der Waals surface area (Å²) in [6.45, 7) is 0. The first-order chi connectivity index (χ1) is 13.7. The molecule has 7 heteroatoms. The summed E-state index contributed by atoms with van der Waals surface area (Å²) in [7, 11) is 0. The van der Waals surface area contributed by atoms with Crippen LogP contribution in [0.2, 0.25) is 5.15 Å². The molecule has 0 aliphatic carbocycles. The number of hydrogen-bond donors (Lipinski definition) is 3. The van der Waals surface area contributed by atoms with Crippen molar-refractivity contribution in [2.45, 2.75) is 0 Å².